The molecule has 2 aliphatic rings. The zero-order valence-corrected chi connectivity index (χ0v) is 18.7. The van der Waals surface area contributed by atoms with E-state index in [0.29, 0.717) is 6.54 Å². The molecule has 3 atom stereocenters. The van der Waals surface area contributed by atoms with Gasteiger partial charge in [-0.3, -0.25) is 9.59 Å². The highest BCUT2D eigenvalue weighted by molar-refractivity contribution is 5.92. The monoisotopic (exact) mass is 444 g/mol. The van der Waals surface area contributed by atoms with E-state index in [1.165, 1.54) is 12.8 Å². The molecular weight excluding hydrogens is 411 g/mol. The molecule has 0 aromatic heterocycles. The molecule has 1 aliphatic heterocycles. The summed E-state index contributed by atoms with van der Waals surface area (Å²) in [6.07, 6.45) is 5.69. The van der Waals surface area contributed by atoms with Crippen LogP contribution < -0.4 is 21.3 Å². The molecule has 1 saturated heterocycles. The predicted molar refractivity (Wildman–Crippen MR) is 123 cm³/mol. The zero-order valence-electron chi connectivity index (χ0n) is 17.1. The van der Waals surface area contributed by atoms with Gasteiger partial charge >= 0.3 is 0 Å². The number of nitrogens with zero attached hydrogens (tertiary/aromatic N) is 1. The number of halogens is 2. The zero-order chi connectivity index (χ0) is 19.2. The Morgan fingerprint density at radius 3 is 2.59 bits per heavy atom. The normalized spacial score (nSPS) is 21.7. The molecule has 4 N–H and O–H groups in total. The summed E-state index contributed by atoms with van der Waals surface area (Å²) in [7, 11) is 0. The van der Waals surface area contributed by atoms with E-state index in [0.717, 1.165) is 43.7 Å². The van der Waals surface area contributed by atoms with E-state index in [-0.39, 0.29) is 60.9 Å². The molecule has 0 radical (unpaired) electrons. The Bertz CT molecular complexity index is 668. The number of carbonyl (C=O) groups excluding carboxylic acids is 2. The smallest absolute Gasteiger partial charge is 0.226 e. The van der Waals surface area contributed by atoms with Crippen LogP contribution in [0.5, 0.6) is 0 Å². The molecule has 2 fully saturated rings. The molecule has 29 heavy (non-hydrogen) atoms. The van der Waals surface area contributed by atoms with Gasteiger partial charge in [-0.1, -0.05) is 12.5 Å². The third-order valence-corrected chi connectivity index (χ3v) is 5.78. The molecule has 0 bridgehead atoms. The first-order chi connectivity index (χ1) is 13.1. The third-order valence-electron chi connectivity index (χ3n) is 5.78. The van der Waals surface area contributed by atoms with Crippen LogP contribution in [-0.4, -0.2) is 37.5 Å². The number of nitrogens with one attached hydrogen (secondary N) is 2. The van der Waals surface area contributed by atoms with E-state index in [4.69, 9.17) is 5.73 Å². The quantitative estimate of drug-likeness (QED) is 0.601. The van der Waals surface area contributed by atoms with Gasteiger partial charge < -0.3 is 21.3 Å². The van der Waals surface area contributed by atoms with Crippen LogP contribution in [-0.2, 0) is 9.59 Å². The summed E-state index contributed by atoms with van der Waals surface area (Å²) in [5.41, 5.74) is 7.73. The molecule has 1 aliphatic carbocycles. The minimum Gasteiger partial charge on any atom is -0.371 e. The van der Waals surface area contributed by atoms with Crippen molar-refractivity contribution in [3.63, 3.8) is 0 Å². The number of benzene rings is 1. The molecule has 2 amide bonds. The molecule has 6 nitrogen and oxygen atoms in total. The summed E-state index contributed by atoms with van der Waals surface area (Å²) in [6, 6.07) is 7.79. The van der Waals surface area contributed by atoms with Crippen molar-refractivity contribution >= 4 is 48.0 Å². The third kappa shape index (κ3) is 7.05. The number of nitrogens with two attached hydrogens (primary N) is 1. The fraction of sp³-hybridized carbons (Fsp3) is 0.619. The lowest BCUT2D eigenvalue weighted by atomic mass is 9.95. The van der Waals surface area contributed by atoms with E-state index in [9.17, 15) is 9.59 Å². The van der Waals surface area contributed by atoms with Crippen molar-refractivity contribution in [1.29, 1.82) is 0 Å². The highest BCUT2D eigenvalue weighted by atomic mass is 35.5. The Hall–Kier alpha value is -1.50. The molecule has 164 valence electrons. The van der Waals surface area contributed by atoms with Crippen LogP contribution in [0.15, 0.2) is 24.3 Å². The molecule has 1 saturated carbocycles. The maximum atomic E-state index is 12.5. The van der Waals surface area contributed by atoms with Crippen LogP contribution in [0.1, 0.15) is 45.4 Å². The lowest BCUT2D eigenvalue weighted by Gasteiger charge is -2.21. The summed E-state index contributed by atoms with van der Waals surface area (Å²) in [5.74, 6) is 0.236. The van der Waals surface area contributed by atoms with Crippen LogP contribution in [0, 0.1) is 11.8 Å². The SMILES string of the molecule is CC(CC(=O)Nc1cccc(N2CCCC2)c1)NC(=O)[C@@H]1CCC[C@@H]1CN.Cl.Cl. The van der Waals surface area contributed by atoms with Gasteiger partial charge in [-0.15, -0.1) is 24.8 Å². The molecule has 3 rings (SSSR count). The van der Waals surface area contributed by atoms with Crippen molar-refractivity contribution in [3.05, 3.63) is 24.3 Å². The minimum absolute atomic E-state index is 0. The largest absolute Gasteiger partial charge is 0.371 e. The molecule has 1 aromatic rings. The van der Waals surface area contributed by atoms with Crippen molar-refractivity contribution in [2.45, 2.75) is 51.5 Å². The van der Waals surface area contributed by atoms with Crippen molar-refractivity contribution in [1.82, 2.24) is 5.32 Å². The first kappa shape index (κ1) is 25.5. The summed E-state index contributed by atoms with van der Waals surface area (Å²) in [6.45, 7) is 4.59. The first-order valence-corrected chi connectivity index (χ1v) is 10.2. The molecule has 1 aromatic carbocycles. The van der Waals surface area contributed by atoms with Crippen molar-refractivity contribution in [2.75, 3.05) is 29.9 Å². The van der Waals surface area contributed by atoms with Crippen LogP contribution in [0.4, 0.5) is 11.4 Å². The minimum atomic E-state index is -0.196. The fourth-order valence-electron chi connectivity index (χ4n) is 4.31. The van der Waals surface area contributed by atoms with Gasteiger partial charge in [0.15, 0.2) is 0 Å². The Morgan fingerprint density at radius 1 is 1.17 bits per heavy atom. The van der Waals surface area contributed by atoms with Gasteiger partial charge in [0, 0.05) is 42.8 Å². The summed E-state index contributed by atoms with van der Waals surface area (Å²) >= 11 is 0. The van der Waals surface area contributed by atoms with Crippen LogP contribution in [0.25, 0.3) is 0 Å². The number of rotatable bonds is 7. The second-order valence-electron chi connectivity index (χ2n) is 7.94. The van der Waals surface area contributed by atoms with Crippen molar-refractivity contribution < 1.29 is 9.59 Å². The van der Waals surface area contributed by atoms with Crippen LogP contribution in [0.3, 0.4) is 0 Å². The van der Waals surface area contributed by atoms with Gasteiger partial charge in [0.2, 0.25) is 11.8 Å². The highest BCUT2D eigenvalue weighted by Crippen LogP contribution is 2.31. The average Bonchev–Trinajstić information content (AvgIpc) is 3.33. The second kappa shape index (κ2) is 12.3. The number of amides is 2. The van der Waals surface area contributed by atoms with Gasteiger partial charge in [-0.05, 0) is 63.3 Å². The number of carbonyl (C=O) groups is 2. The summed E-state index contributed by atoms with van der Waals surface area (Å²) < 4.78 is 0. The van der Waals surface area contributed by atoms with E-state index in [1.807, 2.05) is 25.1 Å². The summed E-state index contributed by atoms with van der Waals surface area (Å²) in [4.78, 5) is 27.2. The van der Waals surface area contributed by atoms with Crippen molar-refractivity contribution in [3.8, 4) is 0 Å². The lowest BCUT2D eigenvalue weighted by Crippen LogP contribution is -2.41. The number of hydrogen-bond acceptors (Lipinski definition) is 4. The van der Waals surface area contributed by atoms with E-state index in [2.05, 4.69) is 21.6 Å². The van der Waals surface area contributed by atoms with Gasteiger partial charge in [-0.25, -0.2) is 0 Å². The molecule has 8 heteroatoms. The Labute approximate surface area is 186 Å². The first-order valence-electron chi connectivity index (χ1n) is 10.2. The summed E-state index contributed by atoms with van der Waals surface area (Å²) in [5, 5.41) is 5.96. The van der Waals surface area contributed by atoms with E-state index in [1.54, 1.807) is 0 Å². The fourth-order valence-corrected chi connectivity index (χ4v) is 4.31. The Balaban J connectivity index is 0.00000210. The van der Waals surface area contributed by atoms with Crippen LogP contribution >= 0.6 is 24.8 Å². The van der Waals surface area contributed by atoms with Gasteiger partial charge in [-0.2, -0.15) is 0 Å². The number of anilines is 2. The van der Waals surface area contributed by atoms with Crippen LogP contribution in [0.2, 0.25) is 0 Å². The topological polar surface area (TPSA) is 87.5 Å². The maximum absolute atomic E-state index is 12.5. The standard InChI is InChI=1S/C21H32N4O2.2ClH/c1-15(23-21(27)19-9-4-6-16(19)14-22)12-20(26)24-17-7-5-8-18(13-17)25-10-2-3-11-25;;/h5,7-8,13,15-16,19H,2-4,6,9-12,14,22H2,1H3,(H,23,27)(H,24,26);2*1H/t15?,16-,19-;;/m1../s1. The van der Waals surface area contributed by atoms with Gasteiger partial charge in [0.05, 0.1) is 0 Å². The Kier molecular flexibility index (Phi) is 10.8. The van der Waals surface area contributed by atoms with Gasteiger partial charge in [0.25, 0.3) is 0 Å². The lowest BCUT2D eigenvalue weighted by molar-refractivity contribution is -0.126. The van der Waals surface area contributed by atoms with Crippen molar-refractivity contribution in [2.24, 2.45) is 17.6 Å². The average molecular weight is 445 g/mol. The predicted octanol–water partition coefficient (Wildman–Crippen LogP) is 3.34. The Morgan fingerprint density at radius 2 is 1.90 bits per heavy atom. The van der Waals surface area contributed by atoms with Gasteiger partial charge in [0.1, 0.15) is 0 Å². The number of hydrogen-bond donors (Lipinski definition) is 3. The molecule has 1 heterocycles. The maximum Gasteiger partial charge on any atom is 0.226 e. The van der Waals surface area contributed by atoms with E-state index >= 15 is 0 Å². The van der Waals surface area contributed by atoms with E-state index < -0.39 is 0 Å². The molecular formula is C21H34Cl2N4O2. The highest BCUT2D eigenvalue weighted by Gasteiger charge is 2.32. The molecule has 0 spiro atoms. The molecule has 1 unspecified atom stereocenters. The second-order valence-corrected chi connectivity index (χ2v) is 7.94.